The second kappa shape index (κ2) is 9.12. The minimum absolute atomic E-state index is 0.0487. The summed E-state index contributed by atoms with van der Waals surface area (Å²) in [5.74, 6) is -0.167. The zero-order chi connectivity index (χ0) is 20.8. The van der Waals surface area contributed by atoms with Crippen LogP contribution in [0.4, 0.5) is 11.4 Å². The van der Waals surface area contributed by atoms with E-state index in [2.05, 4.69) is 0 Å². The molecule has 3 rings (SSSR count). The lowest BCUT2D eigenvalue weighted by atomic mass is 10.0. The quantitative estimate of drug-likeness (QED) is 0.485. The van der Waals surface area contributed by atoms with Crippen LogP contribution in [0.15, 0.2) is 78.9 Å². The first-order chi connectivity index (χ1) is 14.0. The lowest BCUT2D eigenvalue weighted by Gasteiger charge is -2.22. The summed E-state index contributed by atoms with van der Waals surface area (Å²) in [6.07, 6.45) is 1.29. The maximum Gasteiger partial charge on any atom is 0.277 e. The van der Waals surface area contributed by atoms with Gasteiger partial charge in [-0.3, -0.25) is 14.9 Å². The number of anilines is 1. The number of carbonyl (C=O) groups excluding carboxylic acids is 1. The van der Waals surface area contributed by atoms with E-state index < -0.39 is 11.0 Å². The maximum atomic E-state index is 12.7. The van der Waals surface area contributed by atoms with Crippen molar-refractivity contribution in [3.05, 3.63) is 94.5 Å². The fourth-order valence-electron chi connectivity index (χ4n) is 3.21. The fourth-order valence-corrected chi connectivity index (χ4v) is 3.21. The van der Waals surface area contributed by atoms with Crippen LogP contribution in [0.25, 0.3) is 11.1 Å². The summed E-state index contributed by atoms with van der Waals surface area (Å²) in [5, 5.41) is 11.2. The Hall–Kier alpha value is -3.51. The number of nitro groups is 1. The first kappa shape index (κ1) is 20.2. The van der Waals surface area contributed by atoms with Gasteiger partial charge in [0, 0.05) is 18.8 Å². The monoisotopic (exact) mass is 389 g/mol. The summed E-state index contributed by atoms with van der Waals surface area (Å²) in [6, 6.07) is 23.0. The molecule has 0 aliphatic carbocycles. The number of hydrogen-bond acceptors (Lipinski definition) is 4. The van der Waals surface area contributed by atoms with Gasteiger partial charge in [0.2, 0.25) is 5.91 Å². The van der Waals surface area contributed by atoms with Gasteiger partial charge in [-0.05, 0) is 42.2 Å². The van der Waals surface area contributed by atoms with Crippen molar-refractivity contribution < 1.29 is 9.72 Å². The fraction of sp³-hybridized carbons (Fsp3) is 0.174. The van der Waals surface area contributed by atoms with E-state index in [0.29, 0.717) is 17.7 Å². The van der Waals surface area contributed by atoms with Gasteiger partial charge >= 0.3 is 0 Å². The first-order valence-electron chi connectivity index (χ1n) is 9.38. The van der Waals surface area contributed by atoms with Crippen LogP contribution in [0.5, 0.6) is 0 Å². The van der Waals surface area contributed by atoms with Crippen LogP contribution < -0.4 is 10.6 Å². The number of hydrogen-bond donors (Lipinski definition) is 1. The molecule has 148 valence electrons. The molecule has 0 saturated heterocycles. The number of aryl methyl sites for hydroxylation is 1. The minimum atomic E-state index is -0.602. The molecule has 2 N–H and O–H groups in total. The van der Waals surface area contributed by atoms with Crippen molar-refractivity contribution in [3.8, 4) is 11.1 Å². The number of amides is 1. The SMILES string of the molecule is CN(C(=O)[C@H](N)CCc1ccccc1)c1ccc(-c2ccccc2[N+](=O)[O-])cc1. The molecule has 0 aliphatic rings. The summed E-state index contributed by atoms with van der Waals surface area (Å²) >= 11 is 0. The molecule has 6 heteroatoms. The van der Waals surface area contributed by atoms with Gasteiger partial charge in [0.15, 0.2) is 0 Å². The van der Waals surface area contributed by atoms with Gasteiger partial charge in [0.1, 0.15) is 0 Å². The number of likely N-dealkylation sites (N-methyl/N-ethyl adjacent to an activating group) is 1. The standard InChI is InChI=1S/C23H23N3O3/c1-25(23(27)21(24)16-11-17-7-3-2-4-8-17)19-14-12-18(13-15-19)20-9-5-6-10-22(20)26(28)29/h2-10,12-15,21H,11,16,24H2,1H3/t21-/m1/s1. The highest BCUT2D eigenvalue weighted by atomic mass is 16.6. The van der Waals surface area contributed by atoms with E-state index in [1.54, 1.807) is 49.5 Å². The second-order valence-electron chi connectivity index (χ2n) is 6.85. The highest BCUT2D eigenvalue weighted by Gasteiger charge is 2.20. The third-order valence-corrected chi connectivity index (χ3v) is 4.90. The molecular weight excluding hydrogens is 366 g/mol. The Labute approximate surface area is 169 Å². The molecule has 0 fully saturated rings. The van der Waals surface area contributed by atoms with Gasteiger partial charge in [-0.25, -0.2) is 0 Å². The van der Waals surface area contributed by atoms with E-state index in [4.69, 9.17) is 5.73 Å². The molecule has 0 spiro atoms. The summed E-state index contributed by atoms with van der Waals surface area (Å²) in [4.78, 5) is 25.0. The van der Waals surface area contributed by atoms with Crippen LogP contribution in [0.1, 0.15) is 12.0 Å². The Balaban J connectivity index is 1.69. The van der Waals surface area contributed by atoms with Crippen LogP contribution in [-0.4, -0.2) is 23.9 Å². The van der Waals surface area contributed by atoms with E-state index in [1.807, 2.05) is 30.3 Å². The van der Waals surface area contributed by atoms with Crippen molar-refractivity contribution >= 4 is 17.3 Å². The van der Waals surface area contributed by atoms with Crippen molar-refractivity contribution in [2.45, 2.75) is 18.9 Å². The zero-order valence-corrected chi connectivity index (χ0v) is 16.2. The summed E-state index contributed by atoms with van der Waals surface area (Å²) < 4.78 is 0. The van der Waals surface area contributed by atoms with Crippen LogP contribution in [0, 0.1) is 10.1 Å². The number of nitrogens with two attached hydrogens (primary N) is 1. The summed E-state index contributed by atoms with van der Waals surface area (Å²) in [5.41, 5.74) is 9.25. The Kier molecular flexibility index (Phi) is 6.36. The molecule has 3 aromatic carbocycles. The molecule has 0 aromatic heterocycles. The minimum Gasteiger partial charge on any atom is -0.320 e. The number of para-hydroxylation sites is 1. The molecule has 0 saturated carbocycles. The average molecular weight is 389 g/mol. The summed E-state index contributed by atoms with van der Waals surface area (Å²) in [6.45, 7) is 0. The van der Waals surface area contributed by atoms with Gasteiger partial charge < -0.3 is 10.6 Å². The number of carbonyl (C=O) groups is 1. The molecule has 1 amide bonds. The second-order valence-corrected chi connectivity index (χ2v) is 6.85. The van der Waals surface area contributed by atoms with Crippen LogP contribution in [0.2, 0.25) is 0 Å². The zero-order valence-electron chi connectivity index (χ0n) is 16.2. The van der Waals surface area contributed by atoms with Crippen LogP contribution in [0.3, 0.4) is 0 Å². The molecular formula is C23H23N3O3. The largest absolute Gasteiger partial charge is 0.320 e. The van der Waals surface area contributed by atoms with Crippen molar-refractivity contribution in [1.29, 1.82) is 0 Å². The van der Waals surface area contributed by atoms with E-state index in [-0.39, 0.29) is 11.6 Å². The highest BCUT2D eigenvalue weighted by Crippen LogP contribution is 2.30. The van der Waals surface area contributed by atoms with E-state index >= 15 is 0 Å². The third-order valence-electron chi connectivity index (χ3n) is 4.90. The number of nitro benzene ring substituents is 1. The predicted molar refractivity (Wildman–Crippen MR) is 115 cm³/mol. The topological polar surface area (TPSA) is 89.5 Å². The third kappa shape index (κ3) is 4.86. The van der Waals surface area contributed by atoms with E-state index in [0.717, 1.165) is 17.5 Å². The van der Waals surface area contributed by atoms with Gasteiger partial charge in [-0.1, -0.05) is 54.6 Å². The van der Waals surface area contributed by atoms with E-state index in [9.17, 15) is 14.9 Å². The molecule has 6 nitrogen and oxygen atoms in total. The van der Waals surface area contributed by atoms with Gasteiger partial charge in [0.05, 0.1) is 16.5 Å². The Morgan fingerprint density at radius 2 is 1.62 bits per heavy atom. The number of benzene rings is 3. The van der Waals surface area contributed by atoms with E-state index in [1.165, 1.54) is 11.0 Å². The molecule has 0 aliphatic heterocycles. The van der Waals surface area contributed by atoms with Crippen LogP contribution in [-0.2, 0) is 11.2 Å². The molecule has 3 aromatic rings. The summed E-state index contributed by atoms with van der Waals surface area (Å²) in [7, 11) is 1.69. The van der Waals surface area contributed by atoms with Crippen molar-refractivity contribution in [2.75, 3.05) is 11.9 Å². The Morgan fingerprint density at radius 3 is 2.28 bits per heavy atom. The Morgan fingerprint density at radius 1 is 1.00 bits per heavy atom. The van der Waals surface area contributed by atoms with Gasteiger partial charge in [-0.2, -0.15) is 0 Å². The van der Waals surface area contributed by atoms with Crippen molar-refractivity contribution in [2.24, 2.45) is 5.73 Å². The lowest BCUT2D eigenvalue weighted by Crippen LogP contribution is -2.42. The normalized spacial score (nSPS) is 11.7. The van der Waals surface area contributed by atoms with Crippen LogP contribution >= 0.6 is 0 Å². The number of nitrogens with zero attached hydrogens (tertiary/aromatic N) is 2. The van der Waals surface area contributed by atoms with Gasteiger partial charge in [0.25, 0.3) is 5.69 Å². The smallest absolute Gasteiger partial charge is 0.277 e. The van der Waals surface area contributed by atoms with Gasteiger partial charge in [-0.15, -0.1) is 0 Å². The molecule has 0 unspecified atom stereocenters. The Bertz CT molecular complexity index is 988. The van der Waals surface area contributed by atoms with Crippen molar-refractivity contribution in [3.63, 3.8) is 0 Å². The molecule has 0 heterocycles. The maximum absolute atomic E-state index is 12.7. The lowest BCUT2D eigenvalue weighted by molar-refractivity contribution is -0.384. The predicted octanol–water partition coefficient (Wildman–Crippen LogP) is 4.18. The average Bonchev–Trinajstić information content (AvgIpc) is 2.77. The molecule has 0 radical (unpaired) electrons. The molecule has 1 atom stereocenters. The molecule has 29 heavy (non-hydrogen) atoms. The molecule has 0 bridgehead atoms. The number of rotatable bonds is 7. The highest BCUT2D eigenvalue weighted by molar-refractivity contribution is 5.96. The first-order valence-corrected chi connectivity index (χ1v) is 9.38. The van der Waals surface area contributed by atoms with Crippen molar-refractivity contribution in [1.82, 2.24) is 0 Å².